The van der Waals surface area contributed by atoms with Gasteiger partial charge in [-0.1, -0.05) is 39.0 Å². The first-order valence-electron chi connectivity index (χ1n) is 6.55. The van der Waals surface area contributed by atoms with Crippen LogP contribution in [0.5, 0.6) is 0 Å². The van der Waals surface area contributed by atoms with Crippen molar-refractivity contribution in [3.63, 3.8) is 0 Å². The van der Waals surface area contributed by atoms with Crippen LogP contribution in [0.4, 0.5) is 0 Å². The maximum atomic E-state index is 11.2. The zero-order valence-corrected chi connectivity index (χ0v) is 11.1. The summed E-state index contributed by atoms with van der Waals surface area (Å²) in [5, 5.41) is 2.86. The molecule has 3 nitrogen and oxygen atoms in total. The second-order valence-corrected chi connectivity index (χ2v) is 4.48. The molecule has 1 N–H and O–H groups in total. The standard InChI is InChI=1S/C13H27NO2/c1-4-5-6-7-8-9-10-14-13(15)11-16-12(2)3/h12H,4-11H2,1-3H3,(H,14,15). The number of ether oxygens (including phenoxy) is 1. The average molecular weight is 229 g/mol. The highest BCUT2D eigenvalue weighted by Crippen LogP contribution is 2.03. The highest BCUT2D eigenvalue weighted by Gasteiger charge is 2.01. The molecule has 0 spiro atoms. The third-order valence-corrected chi connectivity index (χ3v) is 2.40. The number of hydrogen-bond acceptors (Lipinski definition) is 2. The van der Waals surface area contributed by atoms with E-state index in [2.05, 4.69) is 12.2 Å². The maximum absolute atomic E-state index is 11.2. The molecule has 0 aromatic rings. The van der Waals surface area contributed by atoms with E-state index in [-0.39, 0.29) is 18.6 Å². The molecule has 0 aliphatic rings. The second-order valence-electron chi connectivity index (χ2n) is 4.48. The molecule has 0 rings (SSSR count). The predicted molar refractivity (Wildman–Crippen MR) is 67.5 cm³/mol. The Labute approximate surface area is 99.9 Å². The monoisotopic (exact) mass is 229 g/mol. The van der Waals surface area contributed by atoms with Crippen LogP contribution in [-0.4, -0.2) is 25.2 Å². The van der Waals surface area contributed by atoms with Crippen LogP contribution in [0.2, 0.25) is 0 Å². The Morgan fingerprint density at radius 2 is 1.75 bits per heavy atom. The molecule has 16 heavy (non-hydrogen) atoms. The van der Waals surface area contributed by atoms with E-state index in [0.29, 0.717) is 0 Å². The van der Waals surface area contributed by atoms with Gasteiger partial charge in [-0.15, -0.1) is 0 Å². The molecule has 0 aliphatic carbocycles. The molecule has 0 aromatic carbocycles. The Hall–Kier alpha value is -0.570. The smallest absolute Gasteiger partial charge is 0.246 e. The van der Waals surface area contributed by atoms with Gasteiger partial charge in [0.2, 0.25) is 5.91 Å². The molecule has 0 atom stereocenters. The molecular weight excluding hydrogens is 202 g/mol. The first-order valence-corrected chi connectivity index (χ1v) is 6.55. The third-order valence-electron chi connectivity index (χ3n) is 2.40. The largest absolute Gasteiger partial charge is 0.369 e. The number of carbonyl (C=O) groups is 1. The van der Waals surface area contributed by atoms with Crippen LogP contribution < -0.4 is 5.32 Å². The van der Waals surface area contributed by atoms with Gasteiger partial charge in [-0.2, -0.15) is 0 Å². The van der Waals surface area contributed by atoms with E-state index >= 15 is 0 Å². The summed E-state index contributed by atoms with van der Waals surface area (Å²) < 4.78 is 5.20. The molecule has 0 aliphatic heterocycles. The van der Waals surface area contributed by atoms with Gasteiger partial charge in [0.05, 0.1) is 6.10 Å². The Kier molecular flexibility index (Phi) is 10.5. The molecule has 3 heteroatoms. The van der Waals surface area contributed by atoms with Crippen molar-refractivity contribution in [2.24, 2.45) is 0 Å². The number of hydrogen-bond donors (Lipinski definition) is 1. The van der Waals surface area contributed by atoms with Gasteiger partial charge in [0, 0.05) is 6.54 Å². The minimum Gasteiger partial charge on any atom is -0.369 e. The van der Waals surface area contributed by atoms with Crippen LogP contribution >= 0.6 is 0 Å². The summed E-state index contributed by atoms with van der Waals surface area (Å²) in [5.41, 5.74) is 0. The molecule has 1 amide bonds. The first kappa shape index (κ1) is 15.4. The van der Waals surface area contributed by atoms with Crippen molar-refractivity contribution >= 4 is 5.91 Å². The second kappa shape index (κ2) is 10.9. The van der Waals surface area contributed by atoms with E-state index in [1.807, 2.05) is 13.8 Å². The molecule has 96 valence electrons. The lowest BCUT2D eigenvalue weighted by atomic mass is 10.1. The summed E-state index contributed by atoms with van der Waals surface area (Å²) in [6.45, 7) is 7.05. The van der Waals surface area contributed by atoms with E-state index in [9.17, 15) is 4.79 Å². The SMILES string of the molecule is CCCCCCCCNC(=O)COC(C)C. The van der Waals surface area contributed by atoms with E-state index in [0.717, 1.165) is 13.0 Å². The number of rotatable bonds is 10. The van der Waals surface area contributed by atoms with Gasteiger partial charge in [0.15, 0.2) is 0 Å². The zero-order chi connectivity index (χ0) is 12.2. The lowest BCUT2D eigenvalue weighted by Gasteiger charge is -2.08. The number of carbonyl (C=O) groups excluding carboxylic acids is 1. The van der Waals surface area contributed by atoms with Crippen LogP contribution in [-0.2, 0) is 9.53 Å². The van der Waals surface area contributed by atoms with Crippen molar-refractivity contribution in [3.8, 4) is 0 Å². The average Bonchev–Trinajstić information content (AvgIpc) is 2.25. The fourth-order valence-electron chi connectivity index (χ4n) is 1.43. The summed E-state index contributed by atoms with van der Waals surface area (Å²) in [6.07, 6.45) is 7.63. The lowest BCUT2D eigenvalue weighted by molar-refractivity contribution is -0.127. The van der Waals surface area contributed by atoms with Gasteiger partial charge >= 0.3 is 0 Å². The molecule has 0 heterocycles. The van der Waals surface area contributed by atoms with E-state index in [4.69, 9.17) is 4.74 Å². The molecule has 0 saturated carbocycles. The Morgan fingerprint density at radius 3 is 2.38 bits per heavy atom. The van der Waals surface area contributed by atoms with Gasteiger partial charge in [-0.05, 0) is 20.3 Å². The Morgan fingerprint density at radius 1 is 1.12 bits per heavy atom. The first-order chi connectivity index (χ1) is 7.66. The minimum absolute atomic E-state index is 0.00209. The molecule has 0 aromatic heterocycles. The number of amides is 1. The summed E-state index contributed by atoms with van der Waals surface area (Å²) in [4.78, 5) is 11.2. The maximum Gasteiger partial charge on any atom is 0.246 e. The number of unbranched alkanes of at least 4 members (excludes halogenated alkanes) is 5. The Balaban J connectivity index is 3.15. The van der Waals surface area contributed by atoms with Gasteiger partial charge in [0.25, 0.3) is 0 Å². The van der Waals surface area contributed by atoms with Crippen molar-refractivity contribution < 1.29 is 9.53 Å². The van der Waals surface area contributed by atoms with Crippen molar-refractivity contribution in [3.05, 3.63) is 0 Å². The highest BCUT2D eigenvalue weighted by molar-refractivity contribution is 5.77. The van der Waals surface area contributed by atoms with Crippen LogP contribution in [0, 0.1) is 0 Å². The van der Waals surface area contributed by atoms with Crippen molar-refractivity contribution in [1.82, 2.24) is 5.32 Å². The Bertz CT molecular complexity index is 169. The van der Waals surface area contributed by atoms with Gasteiger partial charge in [-0.25, -0.2) is 0 Å². The normalized spacial score (nSPS) is 10.8. The molecule has 0 radical (unpaired) electrons. The van der Waals surface area contributed by atoms with E-state index in [1.165, 1.54) is 32.1 Å². The van der Waals surface area contributed by atoms with Crippen LogP contribution in [0.1, 0.15) is 59.3 Å². The van der Waals surface area contributed by atoms with Crippen LogP contribution in [0.25, 0.3) is 0 Å². The molecule has 0 bridgehead atoms. The van der Waals surface area contributed by atoms with Crippen molar-refractivity contribution in [2.45, 2.75) is 65.4 Å². The van der Waals surface area contributed by atoms with Crippen LogP contribution in [0.3, 0.4) is 0 Å². The predicted octanol–water partition coefficient (Wildman–Crippen LogP) is 2.89. The zero-order valence-electron chi connectivity index (χ0n) is 11.1. The van der Waals surface area contributed by atoms with E-state index in [1.54, 1.807) is 0 Å². The topological polar surface area (TPSA) is 38.3 Å². The highest BCUT2D eigenvalue weighted by atomic mass is 16.5. The fraction of sp³-hybridized carbons (Fsp3) is 0.923. The number of nitrogens with one attached hydrogen (secondary N) is 1. The quantitative estimate of drug-likeness (QED) is 0.585. The summed E-state index contributed by atoms with van der Waals surface area (Å²) in [6, 6.07) is 0. The molecule has 0 unspecified atom stereocenters. The lowest BCUT2D eigenvalue weighted by Crippen LogP contribution is -2.29. The van der Waals surface area contributed by atoms with Crippen LogP contribution in [0.15, 0.2) is 0 Å². The summed E-state index contributed by atoms with van der Waals surface area (Å²) >= 11 is 0. The minimum atomic E-state index is 0.00209. The molecule has 0 saturated heterocycles. The summed E-state index contributed by atoms with van der Waals surface area (Å²) in [5.74, 6) is 0.00209. The fourth-order valence-corrected chi connectivity index (χ4v) is 1.43. The third kappa shape index (κ3) is 11.5. The molecule has 0 fully saturated rings. The summed E-state index contributed by atoms with van der Waals surface area (Å²) in [7, 11) is 0. The van der Waals surface area contributed by atoms with Gasteiger partial charge in [-0.3, -0.25) is 4.79 Å². The molecular formula is C13H27NO2. The van der Waals surface area contributed by atoms with E-state index < -0.39 is 0 Å². The van der Waals surface area contributed by atoms with Gasteiger partial charge in [0.1, 0.15) is 6.61 Å². The van der Waals surface area contributed by atoms with Crippen molar-refractivity contribution in [2.75, 3.05) is 13.2 Å². The van der Waals surface area contributed by atoms with Crippen molar-refractivity contribution in [1.29, 1.82) is 0 Å². The van der Waals surface area contributed by atoms with Gasteiger partial charge < -0.3 is 10.1 Å².